The summed E-state index contributed by atoms with van der Waals surface area (Å²) in [5.41, 5.74) is 5.47. The van der Waals surface area contributed by atoms with Crippen LogP contribution in [0.15, 0.2) is 40.7 Å². The number of aryl methyl sites for hydroxylation is 1. The molecular formula is C21H25N7Na2O7S2. The van der Waals surface area contributed by atoms with E-state index in [-0.39, 0.29) is 95.7 Å². The van der Waals surface area contributed by atoms with E-state index < -0.39 is 34.9 Å². The molecule has 0 saturated carbocycles. The Kier molecular flexibility index (Phi) is 12.3. The van der Waals surface area contributed by atoms with E-state index >= 15 is 0 Å². The summed E-state index contributed by atoms with van der Waals surface area (Å²) in [6, 6.07) is 6.85. The fraction of sp³-hybridized carbons (Fsp3) is 0.381. The van der Waals surface area contributed by atoms with Gasteiger partial charge in [0.1, 0.15) is 11.1 Å². The predicted octanol–water partition coefficient (Wildman–Crippen LogP) is -1.52. The molecule has 0 radical (unpaired) electrons. The van der Waals surface area contributed by atoms with Crippen molar-refractivity contribution in [2.75, 3.05) is 24.3 Å². The Labute approximate surface area is 275 Å². The SMILES string of the molecule is CO[C@@]1(NC(=O)Cc2ccccc2N)C(=O)N2C(C(=O)O)=C(CSc3nnnn3CCC(=O)O)CS[C@@H]21.[NaH].[NaH]. The molecule has 4 rings (SSSR count). The number of ether oxygens (including phenoxy) is 1. The van der Waals surface area contributed by atoms with Crippen LogP contribution in [0.1, 0.15) is 12.0 Å². The molecule has 18 heteroatoms. The number of nitrogens with two attached hydrogens (primary N) is 1. The van der Waals surface area contributed by atoms with Crippen molar-refractivity contribution in [2.24, 2.45) is 0 Å². The third kappa shape index (κ3) is 7.00. The summed E-state index contributed by atoms with van der Waals surface area (Å²) in [6.07, 6.45) is -0.258. The number of thioether (sulfide) groups is 2. The van der Waals surface area contributed by atoms with Crippen LogP contribution in [-0.2, 0) is 36.9 Å². The standard InChI is InChI=1S/C21H23N7O7S2.2Na.2H/c1-35-21(23-14(29)8-11-4-2-3-5-13(11)22)18(34)28-16(17(32)33)12(9-36-19(21)28)10-37-20-24-25-26-27(20)7-6-15(30)31;;;;/h2-5,19H,6-10,22H2,1H3,(H,23,29)(H,30,31)(H,32,33);;;;/t19-,21+;;;;/m1..../s1. The van der Waals surface area contributed by atoms with Gasteiger partial charge in [0.2, 0.25) is 11.1 Å². The number of rotatable bonds is 11. The zero-order chi connectivity index (χ0) is 26.7. The van der Waals surface area contributed by atoms with Gasteiger partial charge in [0.05, 0.1) is 19.4 Å². The van der Waals surface area contributed by atoms with Gasteiger partial charge < -0.3 is 26.0 Å². The number of fused-ring (bicyclic) bond motifs is 1. The average molecular weight is 598 g/mol. The number of aromatic nitrogens is 4. The molecule has 39 heavy (non-hydrogen) atoms. The van der Waals surface area contributed by atoms with Crippen LogP contribution in [0.25, 0.3) is 0 Å². The number of amides is 2. The van der Waals surface area contributed by atoms with Gasteiger partial charge in [-0.3, -0.25) is 19.3 Å². The number of hydrogen-bond donors (Lipinski definition) is 4. The number of aliphatic carboxylic acids is 2. The van der Waals surface area contributed by atoms with E-state index in [0.717, 1.165) is 16.7 Å². The number of nitrogens with zero attached hydrogens (tertiary/aromatic N) is 5. The van der Waals surface area contributed by atoms with E-state index in [4.69, 9.17) is 15.6 Å². The zero-order valence-corrected chi connectivity index (χ0v) is 21.1. The van der Waals surface area contributed by atoms with Crippen LogP contribution in [-0.4, -0.2) is 148 Å². The van der Waals surface area contributed by atoms with Gasteiger partial charge in [-0.25, -0.2) is 9.48 Å². The van der Waals surface area contributed by atoms with Gasteiger partial charge in [-0.1, -0.05) is 30.0 Å². The Balaban J connectivity index is 0.00000267. The summed E-state index contributed by atoms with van der Waals surface area (Å²) >= 11 is 2.38. The summed E-state index contributed by atoms with van der Waals surface area (Å²) in [4.78, 5) is 50.2. The number of carbonyl (C=O) groups excluding carboxylic acids is 2. The topological polar surface area (TPSA) is 203 Å². The molecule has 0 aliphatic carbocycles. The molecular weight excluding hydrogens is 572 g/mol. The molecule has 2 aromatic rings. The third-order valence-electron chi connectivity index (χ3n) is 5.78. The second-order valence-electron chi connectivity index (χ2n) is 8.08. The van der Waals surface area contributed by atoms with Crippen LogP contribution in [0.3, 0.4) is 0 Å². The van der Waals surface area contributed by atoms with E-state index in [1.54, 1.807) is 24.3 Å². The van der Waals surface area contributed by atoms with Crippen molar-refractivity contribution in [3.63, 3.8) is 0 Å². The minimum absolute atomic E-state index is 0. The van der Waals surface area contributed by atoms with Crippen LogP contribution in [0.4, 0.5) is 5.69 Å². The Hall–Kier alpha value is -1.63. The van der Waals surface area contributed by atoms with Crippen molar-refractivity contribution < 1.29 is 34.1 Å². The van der Waals surface area contributed by atoms with Crippen molar-refractivity contribution >= 4 is 112 Å². The number of hydrogen-bond acceptors (Lipinski definition) is 11. The second-order valence-corrected chi connectivity index (χ2v) is 10.1. The first-order valence-electron chi connectivity index (χ1n) is 10.9. The van der Waals surface area contributed by atoms with Gasteiger partial charge in [-0.2, -0.15) is 0 Å². The van der Waals surface area contributed by atoms with Crippen molar-refractivity contribution in [1.29, 1.82) is 0 Å². The number of nitrogen functional groups attached to an aromatic ring is 1. The van der Waals surface area contributed by atoms with Gasteiger partial charge in [0, 0.05) is 24.3 Å². The molecule has 2 aliphatic heterocycles. The van der Waals surface area contributed by atoms with Gasteiger partial charge in [0.25, 0.3) is 11.6 Å². The number of carboxylic acids is 2. The Bertz CT molecular complexity index is 1290. The first kappa shape index (κ1) is 33.6. The fourth-order valence-electron chi connectivity index (χ4n) is 3.97. The predicted molar refractivity (Wildman–Crippen MR) is 145 cm³/mol. The molecule has 0 bridgehead atoms. The van der Waals surface area contributed by atoms with Crippen LogP contribution in [0.2, 0.25) is 0 Å². The first-order valence-corrected chi connectivity index (χ1v) is 12.9. The van der Waals surface area contributed by atoms with Gasteiger partial charge in [-0.15, -0.1) is 16.9 Å². The van der Waals surface area contributed by atoms with Crippen molar-refractivity contribution in [1.82, 2.24) is 30.4 Å². The molecule has 2 atom stereocenters. The summed E-state index contributed by atoms with van der Waals surface area (Å²) in [7, 11) is 1.28. The summed E-state index contributed by atoms with van der Waals surface area (Å²) in [5.74, 6) is -3.11. The van der Waals surface area contributed by atoms with Gasteiger partial charge in [-0.05, 0) is 27.6 Å². The van der Waals surface area contributed by atoms with Crippen molar-refractivity contribution in [2.45, 2.75) is 35.6 Å². The molecule has 3 heterocycles. The van der Waals surface area contributed by atoms with E-state index in [1.807, 2.05) is 0 Å². The zero-order valence-electron chi connectivity index (χ0n) is 19.5. The van der Waals surface area contributed by atoms with Crippen molar-refractivity contribution in [3.05, 3.63) is 41.1 Å². The number of carboxylic acid groups (broad SMARTS) is 2. The Morgan fingerprint density at radius 3 is 2.64 bits per heavy atom. The maximum absolute atomic E-state index is 13.3. The number of para-hydroxylation sites is 1. The van der Waals surface area contributed by atoms with Crippen molar-refractivity contribution in [3.8, 4) is 0 Å². The minimum atomic E-state index is -1.72. The van der Waals surface area contributed by atoms with Crippen LogP contribution < -0.4 is 11.1 Å². The molecule has 5 N–H and O–H groups in total. The Morgan fingerprint density at radius 1 is 1.28 bits per heavy atom. The third-order valence-corrected chi connectivity index (χ3v) is 8.19. The van der Waals surface area contributed by atoms with E-state index in [0.29, 0.717) is 22.0 Å². The molecule has 2 aliphatic rings. The van der Waals surface area contributed by atoms with Gasteiger partial charge >= 0.3 is 71.1 Å². The van der Waals surface area contributed by atoms with Crippen LogP contribution in [0, 0.1) is 0 Å². The quantitative estimate of drug-likeness (QED) is 0.0765. The fourth-order valence-corrected chi connectivity index (χ4v) is 6.45. The monoisotopic (exact) mass is 597 g/mol. The summed E-state index contributed by atoms with van der Waals surface area (Å²) in [6.45, 7) is 0.0572. The number of β-lactam (4-membered cyclic amide) rings is 1. The second kappa shape index (κ2) is 14.3. The number of carbonyl (C=O) groups is 4. The Morgan fingerprint density at radius 2 is 2.00 bits per heavy atom. The molecule has 1 fully saturated rings. The van der Waals surface area contributed by atoms with E-state index in [9.17, 15) is 24.3 Å². The summed E-state index contributed by atoms with van der Waals surface area (Å²) in [5, 5.41) is 32.1. The average Bonchev–Trinajstić information content (AvgIpc) is 3.32. The maximum atomic E-state index is 13.3. The van der Waals surface area contributed by atoms with Gasteiger partial charge in [0.15, 0.2) is 0 Å². The molecule has 1 aromatic carbocycles. The summed E-state index contributed by atoms with van der Waals surface area (Å²) < 4.78 is 6.78. The number of benzene rings is 1. The molecule has 200 valence electrons. The van der Waals surface area contributed by atoms with Crippen LogP contribution in [0.5, 0.6) is 0 Å². The molecule has 14 nitrogen and oxygen atoms in total. The number of nitrogens with one attached hydrogen (secondary N) is 1. The number of tetrazole rings is 1. The molecule has 1 aromatic heterocycles. The molecule has 0 spiro atoms. The number of anilines is 1. The van der Waals surface area contributed by atoms with E-state index in [2.05, 4.69) is 20.8 Å². The molecule has 0 unspecified atom stereocenters. The molecule has 2 amide bonds. The number of methoxy groups -OCH3 is 1. The normalized spacial score (nSPS) is 19.8. The van der Waals surface area contributed by atoms with E-state index in [1.165, 1.54) is 23.6 Å². The molecule has 1 saturated heterocycles. The first-order chi connectivity index (χ1) is 17.7. The van der Waals surface area contributed by atoms with Crippen LogP contribution >= 0.6 is 23.5 Å².